The summed E-state index contributed by atoms with van der Waals surface area (Å²) in [5, 5.41) is 13.5. The smallest absolute Gasteiger partial charge is 0.246 e. The van der Waals surface area contributed by atoms with Gasteiger partial charge in [-0.1, -0.05) is 0 Å². The molecule has 1 aliphatic heterocycles. The Bertz CT molecular complexity index is 501. The van der Waals surface area contributed by atoms with Gasteiger partial charge in [0.05, 0.1) is 12.3 Å². The van der Waals surface area contributed by atoms with Gasteiger partial charge in [0.25, 0.3) is 0 Å². The van der Waals surface area contributed by atoms with Gasteiger partial charge in [0.15, 0.2) is 0 Å². The fraction of sp³-hybridized carbons (Fsp3) is 0.727. The van der Waals surface area contributed by atoms with E-state index in [9.17, 15) is 13.5 Å². The molecular formula is C11H19N3O3S. The van der Waals surface area contributed by atoms with Crippen LogP contribution in [0.4, 0.5) is 0 Å². The minimum absolute atomic E-state index is 0.136. The first-order valence-corrected chi connectivity index (χ1v) is 7.57. The molecule has 0 atom stereocenters. The lowest BCUT2D eigenvalue weighted by Crippen LogP contribution is -2.39. The summed E-state index contributed by atoms with van der Waals surface area (Å²) >= 11 is 0. The second-order valence-electron chi connectivity index (χ2n) is 4.89. The standard InChI is InChI=1S/C11H19N3O3S/c1-9(2)14-8-11(7-12-14)18(16,17)13-5-3-10(15)4-6-13/h7-10,15H,3-6H2,1-2H3. The first kappa shape index (κ1) is 13.5. The van der Waals surface area contributed by atoms with Crippen LogP contribution in [-0.4, -0.2) is 46.8 Å². The second-order valence-corrected chi connectivity index (χ2v) is 6.82. The predicted molar refractivity (Wildman–Crippen MR) is 66.6 cm³/mol. The molecule has 0 unspecified atom stereocenters. The third-order valence-corrected chi connectivity index (χ3v) is 5.02. The minimum atomic E-state index is -3.46. The molecule has 0 spiro atoms. The molecule has 0 bridgehead atoms. The van der Waals surface area contributed by atoms with Crippen molar-refractivity contribution in [3.8, 4) is 0 Å². The summed E-state index contributed by atoms with van der Waals surface area (Å²) < 4.78 is 27.7. The van der Waals surface area contributed by atoms with Crippen LogP contribution in [0.1, 0.15) is 32.7 Å². The largest absolute Gasteiger partial charge is 0.393 e. The second kappa shape index (κ2) is 4.99. The molecule has 0 amide bonds. The number of aromatic nitrogens is 2. The Kier molecular flexibility index (Phi) is 3.74. The van der Waals surface area contributed by atoms with Crippen molar-refractivity contribution in [1.82, 2.24) is 14.1 Å². The zero-order chi connectivity index (χ0) is 13.3. The Morgan fingerprint density at radius 1 is 1.39 bits per heavy atom. The Morgan fingerprint density at radius 2 is 2.00 bits per heavy atom. The third kappa shape index (κ3) is 2.57. The molecule has 102 valence electrons. The van der Waals surface area contributed by atoms with Gasteiger partial charge < -0.3 is 5.11 Å². The summed E-state index contributed by atoms with van der Waals surface area (Å²) in [6.07, 6.45) is 3.57. The molecule has 2 rings (SSSR count). The van der Waals surface area contributed by atoms with E-state index in [4.69, 9.17) is 0 Å². The van der Waals surface area contributed by atoms with Crippen LogP contribution in [0.3, 0.4) is 0 Å². The van der Waals surface area contributed by atoms with Gasteiger partial charge in [-0.15, -0.1) is 0 Å². The molecule has 1 saturated heterocycles. The number of aliphatic hydroxyl groups is 1. The Labute approximate surface area is 107 Å². The van der Waals surface area contributed by atoms with Crippen molar-refractivity contribution in [3.63, 3.8) is 0 Å². The van der Waals surface area contributed by atoms with E-state index in [1.165, 1.54) is 10.5 Å². The van der Waals surface area contributed by atoms with Crippen molar-refractivity contribution in [2.45, 2.75) is 43.7 Å². The van der Waals surface area contributed by atoms with Crippen molar-refractivity contribution in [3.05, 3.63) is 12.4 Å². The van der Waals surface area contributed by atoms with Crippen molar-refractivity contribution in [2.75, 3.05) is 13.1 Å². The Hall–Kier alpha value is -0.920. The number of piperidine rings is 1. The molecule has 7 heteroatoms. The van der Waals surface area contributed by atoms with Crippen molar-refractivity contribution >= 4 is 10.0 Å². The van der Waals surface area contributed by atoms with Crippen molar-refractivity contribution < 1.29 is 13.5 Å². The van der Waals surface area contributed by atoms with E-state index in [0.717, 1.165) is 0 Å². The van der Waals surface area contributed by atoms with Crippen LogP contribution < -0.4 is 0 Å². The lowest BCUT2D eigenvalue weighted by molar-refractivity contribution is 0.113. The lowest BCUT2D eigenvalue weighted by Gasteiger charge is -2.28. The lowest BCUT2D eigenvalue weighted by atomic mass is 10.1. The number of hydrogen-bond acceptors (Lipinski definition) is 4. The van der Waals surface area contributed by atoms with E-state index in [0.29, 0.717) is 25.9 Å². The summed E-state index contributed by atoms with van der Waals surface area (Å²) in [6.45, 7) is 4.63. The molecule has 2 heterocycles. The van der Waals surface area contributed by atoms with Gasteiger partial charge in [0.1, 0.15) is 4.90 Å². The number of rotatable bonds is 3. The van der Waals surface area contributed by atoms with Crippen LogP contribution in [-0.2, 0) is 10.0 Å². The molecule has 6 nitrogen and oxygen atoms in total. The molecule has 1 aromatic rings. The molecule has 0 radical (unpaired) electrons. The summed E-state index contributed by atoms with van der Waals surface area (Å²) in [5.74, 6) is 0. The van der Waals surface area contributed by atoms with E-state index >= 15 is 0 Å². The molecule has 1 N–H and O–H groups in total. The molecule has 1 aliphatic rings. The van der Waals surface area contributed by atoms with Crippen LogP contribution in [0.5, 0.6) is 0 Å². The van der Waals surface area contributed by atoms with Crippen LogP contribution in [0, 0.1) is 0 Å². The Morgan fingerprint density at radius 3 is 2.50 bits per heavy atom. The first-order chi connectivity index (χ1) is 8.41. The van der Waals surface area contributed by atoms with E-state index in [1.807, 2.05) is 13.8 Å². The zero-order valence-corrected chi connectivity index (χ0v) is 11.5. The maximum Gasteiger partial charge on any atom is 0.246 e. The SMILES string of the molecule is CC(C)n1cc(S(=O)(=O)N2CCC(O)CC2)cn1. The third-order valence-electron chi connectivity index (χ3n) is 3.17. The van der Waals surface area contributed by atoms with Gasteiger partial charge in [-0.3, -0.25) is 4.68 Å². The van der Waals surface area contributed by atoms with Crippen molar-refractivity contribution in [2.24, 2.45) is 0 Å². The summed E-state index contributed by atoms with van der Waals surface area (Å²) in [6, 6.07) is 0.136. The highest BCUT2D eigenvalue weighted by atomic mass is 32.2. The topological polar surface area (TPSA) is 75.4 Å². The maximum atomic E-state index is 12.3. The zero-order valence-electron chi connectivity index (χ0n) is 10.7. The summed E-state index contributed by atoms with van der Waals surface area (Å²) in [5.41, 5.74) is 0. The van der Waals surface area contributed by atoms with Gasteiger partial charge in [0, 0.05) is 25.3 Å². The molecule has 0 aliphatic carbocycles. The average Bonchev–Trinajstić information content (AvgIpc) is 2.79. The summed E-state index contributed by atoms with van der Waals surface area (Å²) in [4.78, 5) is 0.229. The van der Waals surface area contributed by atoms with Crippen molar-refractivity contribution in [1.29, 1.82) is 0 Å². The fourth-order valence-electron chi connectivity index (χ4n) is 1.97. The quantitative estimate of drug-likeness (QED) is 0.875. The highest BCUT2D eigenvalue weighted by molar-refractivity contribution is 7.89. The van der Waals surface area contributed by atoms with Gasteiger partial charge in [-0.05, 0) is 26.7 Å². The van der Waals surface area contributed by atoms with Gasteiger partial charge in [0.2, 0.25) is 10.0 Å². The maximum absolute atomic E-state index is 12.3. The molecule has 18 heavy (non-hydrogen) atoms. The fourth-order valence-corrected chi connectivity index (χ4v) is 3.38. The molecule has 0 aromatic carbocycles. The Balaban J connectivity index is 2.19. The van der Waals surface area contributed by atoms with Crippen LogP contribution in [0.2, 0.25) is 0 Å². The molecular weight excluding hydrogens is 254 g/mol. The van der Waals surface area contributed by atoms with Gasteiger partial charge in [-0.25, -0.2) is 8.42 Å². The number of aliphatic hydroxyl groups excluding tert-OH is 1. The minimum Gasteiger partial charge on any atom is -0.393 e. The highest BCUT2D eigenvalue weighted by Gasteiger charge is 2.29. The van der Waals surface area contributed by atoms with E-state index in [2.05, 4.69) is 5.10 Å². The highest BCUT2D eigenvalue weighted by Crippen LogP contribution is 2.21. The average molecular weight is 273 g/mol. The number of hydrogen-bond donors (Lipinski definition) is 1. The molecule has 0 saturated carbocycles. The number of sulfonamides is 1. The van der Waals surface area contributed by atoms with E-state index in [-0.39, 0.29) is 17.0 Å². The van der Waals surface area contributed by atoms with Crippen LogP contribution in [0.25, 0.3) is 0 Å². The first-order valence-electron chi connectivity index (χ1n) is 6.13. The van der Waals surface area contributed by atoms with Gasteiger partial charge in [-0.2, -0.15) is 9.40 Å². The molecule has 1 fully saturated rings. The van der Waals surface area contributed by atoms with Crippen LogP contribution >= 0.6 is 0 Å². The normalized spacial score (nSPS) is 19.6. The van der Waals surface area contributed by atoms with Gasteiger partial charge >= 0.3 is 0 Å². The van der Waals surface area contributed by atoms with E-state index in [1.54, 1.807) is 10.9 Å². The van der Waals surface area contributed by atoms with Crippen LogP contribution in [0.15, 0.2) is 17.3 Å². The van der Waals surface area contributed by atoms with E-state index < -0.39 is 10.0 Å². The number of nitrogens with zero attached hydrogens (tertiary/aromatic N) is 3. The molecule has 1 aromatic heterocycles. The predicted octanol–water partition coefficient (Wildman–Crippen LogP) is 0.609. The monoisotopic (exact) mass is 273 g/mol. The summed E-state index contributed by atoms with van der Waals surface area (Å²) in [7, 11) is -3.46.